The summed E-state index contributed by atoms with van der Waals surface area (Å²) in [5.41, 5.74) is 0.493. The molecule has 1 unspecified atom stereocenters. The number of amides is 1. The van der Waals surface area contributed by atoms with Gasteiger partial charge in [0.2, 0.25) is 0 Å². The first-order chi connectivity index (χ1) is 12.2. The molecule has 0 saturated carbocycles. The van der Waals surface area contributed by atoms with Crippen LogP contribution in [-0.2, 0) is 4.74 Å². The lowest BCUT2D eigenvalue weighted by atomic mass is 10.2. The highest BCUT2D eigenvalue weighted by molar-refractivity contribution is 7.22. The summed E-state index contributed by atoms with van der Waals surface area (Å²) >= 11 is 1.28. The number of anilines is 1. The van der Waals surface area contributed by atoms with Crippen LogP contribution in [0.2, 0.25) is 0 Å². The summed E-state index contributed by atoms with van der Waals surface area (Å²) in [5, 5.41) is 0.436. The highest BCUT2D eigenvalue weighted by atomic mass is 32.1. The largest absolute Gasteiger partial charge is 0.376 e. The number of halogens is 1. The number of ether oxygens (including phenoxy) is 1. The SMILES string of the molecule is O=C(c1cnccn1)N(CC1CCCO1)c1nc2c(F)cccc2s1. The third kappa shape index (κ3) is 3.22. The molecule has 1 atom stereocenters. The summed E-state index contributed by atoms with van der Waals surface area (Å²) in [6.45, 7) is 1.04. The average molecular weight is 358 g/mol. The van der Waals surface area contributed by atoms with Crippen molar-refractivity contribution in [1.82, 2.24) is 15.0 Å². The number of para-hydroxylation sites is 1. The Labute approximate surface area is 147 Å². The Hall–Kier alpha value is -2.45. The first-order valence-electron chi connectivity index (χ1n) is 7.97. The number of hydrogen-bond acceptors (Lipinski definition) is 6. The molecular formula is C17H15FN4O2S. The zero-order valence-electron chi connectivity index (χ0n) is 13.3. The maximum Gasteiger partial charge on any atom is 0.280 e. The van der Waals surface area contributed by atoms with Gasteiger partial charge in [-0.05, 0) is 25.0 Å². The summed E-state index contributed by atoms with van der Waals surface area (Å²) in [6.07, 6.45) is 6.18. The van der Waals surface area contributed by atoms with Gasteiger partial charge in [0.05, 0.1) is 23.5 Å². The van der Waals surface area contributed by atoms with Crippen LogP contribution in [-0.4, -0.2) is 40.1 Å². The highest BCUT2D eigenvalue weighted by Crippen LogP contribution is 2.31. The normalized spacial score (nSPS) is 17.1. The molecule has 8 heteroatoms. The first-order valence-corrected chi connectivity index (χ1v) is 8.78. The van der Waals surface area contributed by atoms with Crippen molar-refractivity contribution in [3.8, 4) is 0 Å². The number of carbonyl (C=O) groups is 1. The molecular weight excluding hydrogens is 343 g/mol. The van der Waals surface area contributed by atoms with Crippen molar-refractivity contribution < 1.29 is 13.9 Å². The van der Waals surface area contributed by atoms with E-state index in [1.54, 1.807) is 12.1 Å². The molecule has 1 saturated heterocycles. The van der Waals surface area contributed by atoms with Crippen molar-refractivity contribution in [3.63, 3.8) is 0 Å². The second-order valence-electron chi connectivity index (χ2n) is 5.72. The first kappa shape index (κ1) is 16.0. The quantitative estimate of drug-likeness (QED) is 0.717. The molecule has 0 N–H and O–H groups in total. The van der Waals surface area contributed by atoms with Crippen LogP contribution in [0, 0.1) is 5.82 Å². The van der Waals surface area contributed by atoms with Gasteiger partial charge in [0.25, 0.3) is 5.91 Å². The van der Waals surface area contributed by atoms with E-state index >= 15 is 0 Å². The predicted octanol–water partition coefficient (Wildman–Crippen LogP) is 3.05. The number of thiazole rings is 1. The van der Waals surface area contributed by atoms with Crippen molar-refractivity contribution >= 4 is 32.6 Å². The van der Waals surface area contributed by atoms with Crippen LogP contribution in [0.15, 0.2) is 36.8 Å². The zero-order chi connectivity index (χ0) is 17.2. The standard InChI is InChI=1S/C17H15FN4O2S/c18-12-4-1-5-14-15(12)21-17(25-14)22(10-11-3-2-8-24-11)16(23)13-9-19-6-7-20-13/h1,4-7,9,11H,2-3,8,10H2. The fraction of sp³-hybridized carbons (Fsp3) is 0.294. The van der Waals surface area contributed by atoms with Gasteiger partial charge >= 0.3 is 0 Å². The van der Waals surface area contributed by atoms with Crippen LogP contribution >= 0.6 is 11.3 Å². The Kier molecular flexibility index (Phi) is 4.37. The van der Waals surface area contributed by atoms with Crippen LogP contribution in [0.25, 0.3) is 10.2 Å². The molecule has 0 bridgehead atoms. The second kappa shape index (κ2) is 6.81. The lowest BCUT2D eigenvalue weighted by Crippen LogP contribution is -2.38. The van der Waals surface area contributed by atoms with E-state index in [2.05, 4.69) is 15.0 Å². The van der Waals surface area contributed by atoms with Crippen molar-refractivity contribution in [2.45, 2.75) is 18.9 Å². The van der Waals surface area contributed by atoms with Crippen LogP contribution in [0.4, 0.5) is 9.52 Å². The van der Waals surface area contributed by atoms with E-state index in [-0.39, 0.29) is 23.2 Å². The molecule has 6 nitrogen and oxygen atoms in total. The monoisotopic (exact) mass is 358 g/mol. The van der Waals surface area contributed by atoms with E-state index in [1.165, 1.54) is 40.9 Å². The number of hydrogen-bond donors (Lipinski definition) is 0. The Morgan fingerprint density at radius 3 is 3.04 bits per heavy atom. The molecule has 1 aliphatic rings. The zero-order valence-corrected chi connectivity index (χ0v) is 14.1. The number of carbonyl (C=O) groups excluding carboxylic acids is 1. The highest BCUT2D eigenvalue weighted by Gasteiger charge is 2.28. The second-order valence-corrected chi connectivity index (χ2v) is 6.73. The topological polar surface area (TPSA) is 68.2 Å². The molecule has 4 rings (SSSR count). The van der Waals surface area contributed by atoms with E-state index in [4.69, 9.17) is 4.74 Å². The maximum atomic E-state index is 14.0. The minimum absolute atomic E-state index is 0.0579. The van der Waals surface area contributed by atoms with E-state index in [9.17, 15) is 9.18 Å². The Bertz CT molecular complexity index is 896. The van der Waals surface area contributed by atoms with Crippen molar-refractivity contribution in [3.05, 3.63) is 48.3 Å². The van der Waals surface area contributed by atoms with Gasteiger partial charge < -0.3 is 4.74 Å². The van der Waals surface area contributed by atoms with Gasteiger partial charge in [0.15, 0.2) is 5.13 Å². The molecule has 3 heterocycles. The molecule has 0 radical (unpaired) electrons. The van der Waals surface area contributed by atoms with Crippen LogP contribution in [0.3, 0.4) is 0 Å². The third-order valence-corrected chi connectivity index (χ3v) is 5.07. The summed E-state index contributed by atoms with van der Waals surface area (Å²) in [5.74, 6) is -0.716. The molecule has 1 aromatic carbocycles. The molecule has 0 spiro atoms. The van der Waals surface area contributed by atoms with E-state index < -0.39 is 5.82 Å². The molecule has 1 aliphatic heterocycles. The number of rotatable bonds is 4. The molecule has 1 fully saturated rings. The van der Waals surface area contributed by atoms with E-state index in [0.717, 1.165) is 12.8 Å². The minimum atomic E-state index is -0.399. The number of nitrogens with zero attached hydrogens (tertiary/aromatic N) is 4. The smallest absolute Gasteiger partial charge is 0.280 e. The van der Waals surface area contributed by atoms with Gasteiger partial charge in [-0.1, -0.05) is 17.4 Å². The third-order valence-electron chi connectivity index (χ3n) is 4.03. The summed E-state index contributed by atoms with van der Waals surface area (Å²) < 4.78 is 20.3. The van der Waals surface area contributed by atoms with Crippen LogP contribution < -0.4 is 4.90 Å². The molecule has 3 aromatic rings. The number of fused-ring (bicyclic) bond motifs is 1. The Morgan fingerprint density at radius 2 is 2.32 bits per heavy atom. The summed E-state index contributed by atoms with van der Waals surface area (Å²) in [6, 6.07) is 4.78. The number of benzene rings is 1. The Morgan fingerprint density at radius 1 is 1.40 bits per heavy atom. The fourth-order valence-corrected chi connectivity index (χ4v) is 3.79. The average Bonchev–Trinajstić information content (AvgIpc) is 3.30. The minimum Gasteiger partial charge on any atom is -0.376 e. The van der Waals surface area contributed by atoms with Gasteiger partial charge in [0.1, 0.15) is 17.0 Å². The van der Waals surface area contributed by atoms with E-state index in [1.807, 2.05) is 0 Å². The van der Waals surface area contributed by atoms with Crippen LogP contribution in [0.5, 0.6) is 0 Å². The molecule has 0 aliphatic carbocycles. The van der Waals surface area contributed by atoms with E-state index in [0.29, 0.717) is 23.0 Å². The molecule has 25 heavy (non-hydrogen) atoms. The van der Waals surface area contributed by atoms with Gasteiger partial charge in [-0.2, -0.15) is 0 Å². The summed E-state index contributed by atoms with van der Waals surface area (Å²) in [4.78, 5) is 26.8. The molecule has 1 amide bonds. The van der Waals surface area contributed by atoms with Crippen molar-refractivity contribution in [2.75, 3.05) is 18.1 Å². The Balaban J connectivity index is 1.72. The van der Waals surface area contributed by atoms with Crippen molar-refractivity contribution in [1.29, 1.82) is 0 Å². The maximum absolute atomic E-state index is 14.0. The number of aromatic nitrogens is 3. The van der Waals surface area contributed by atoms with Gasteiger partial charge in [-0.15, -0.1) is 0 Å². The predicted molar refractivity (Wildman–Crippen MR) is 92.3 cm³/mol. The fourth-order valence-electron chi connectivity index (χ4n) is 2.81. The van der Waals surface area contributed by atoms with Gasteiger partial charge in [-0.3, -0.25) is 14.7 Å². The van der Waals surface area contributed by atoms with Crippen molar-refractivity contribution in [2.24, 2.45) is 0 Å². The molecule has 128 valence electrons. The molecule has 2 aromatic heterocycles. The lowest BCUT2D eigenvalue weighted by molar-refractivity contribution is 0.0913. The van der Waals surface area contributed by atoms with Crippen LogP contribution in [0.1, 0.15) is 23.3 Å². The van der Waals surface area contributed by atoms with Gasteiger partial charge in [-0.25, -0.2) is 14.4 Å². The lowest BCUT2D eigenvalue weighted by Gasteiger charge is -2.22. The van der Waals surface area contributed by atoms with Gasteiger partial charge in [0, 0.05) is 19.0 Å². The summed E-state index contributed by atoms with van der Waals surface area (Å²) in [7, 11) is 0.